The van der Waals surface area contributed by atoms with Gasteiger partial charge in [0.2, 0.25) is 0 Å². The highest BCUT2D eigenvalue weighted by atomic mass is 16.5. The summed E-state index contributed by atoms with van der Waals surface area (Å²) in [7, 11) is 0. The average Bonchev–Trinajstić information content (AvgIpc) is 2.47. The van der Waals surface area contributed by atoms with Crippen molar-refractivity contribution in [1.29, 1.82) is 0 Å². The van der Waals surface area contributed by atoms with E-state index in [9.17, 15) is 0 Å². The van der Waals surface area contributed by atoms with Gasteiger partial charge in [-0.2, -0.15) is 0 Å². The first kappa shape index (κ1) is 14.4. The van der Waals surface area contributed by atoms with Gasteiger partial charge in [0.05, 0.1) is 6.61 Å². The van der Waals surface area contributed by atoms with E-state index in [4.69, 9.17) is 4.74 Å². The smallest absolute Gasteiger partial charge is 0.122 e. The van der Waals surface area contributed by atoms with Crippen LogP contribution < -0.4 is 10.1 Å². The number of hydrogen-bond acceptors (Lipinski definition) is 2. The van der Waals surface area contributed by atoms with Crippen LogP contribution in [0.5, 0.6) is 5.75 Å². The molecule has 0 aliphatic carbocycles. The number of aryl methyl sites for hydroxylation is 1. The van der Waals surface area contributed by atoms with Gasteiger partial charge in [-0.3, -0.25) is 0 Å². The average molecular weight is 261 g/mol. The number of rotatable bonds is 6. The Bertz CT molecular complexity index is 402. The molecule has 2 atom stereocenters. The molecule has 0 saturated carbocycles. The zero-order chi connectivity index (χ0) is 13.7. The van der Waals surface area contributed by atoms with E-state index >= 15 is 0 Å². The maximum atomic E-state index is 5.71. The molecule has 1 N–H and O–H groups in total. The molecule has 0 amide bonds. The lowest BCUT2D eigenvalue weighted by Crippen LogP contribution is -2.27. The fourth-order valence-corrected chi connectivity index (χ4v) is 2.76. The van der Waals surface area contributed by atoms with Crippen molar-refractivity contribution in [3.63, 3.8) is 0 Å². The molecule has 0 saturated heterocycles. The number of benzene rings is 1. The molecule has 106 valence electrons. The van der Waals surface area contributed by atoms with Gasteiger partial charge in [-0.1, -0.05) is 39.3 Å². The van der Waals surface area contributed by atoms with Gasteiger partial charge in [0.1, 0.15) is 5.75 Å². The van der Waals surface area contributed by atoms with Crippen molar-refractivity contribution < 1.29 is 4.74 Å². The summed E-state index contributed by atoms with van der Waals surface area (Å²) in [5, 5.41) is 3.70. The second-order valence-electron chi connectivity index (χ2n) is 5.64. The van der Waals surface area contributed by atoms with Crippen LogP contribution in [0.1, 0.15) is 57.2 Å². The molecule has 1 heterocycles. The van der Waals surface area contributed by atoms with Crippen LogP contribution in [0.2, 0.25) is 0 Å². The fourth-order valence-electron chi connectivity index (χ4n) is 2.76. The molecule has 0 radical (unpaired) electrons. The summed E-state index contributed by atoms with van der Waals surface area (Å²) in [5.74, 6) is 1.75. The maximum Gasteiger partial charge on any atom is 0.122 e. The standard InChI is InChI=1S/C17H27NO/c1-4-10-18-17(13(3)5-2)15-8-9-16-14(12-15)7-6-11-19-16/h8-9,12-13,17-18H,4-7,10-11H2,1-3H3. The first-order valence-electron chi connectivity index (χ1n) is 7.75. The first-order chi connectivity index (χ1) is 9.26. The highest BCUT2D eigenvalue weighted by Crippen LogP contribution is 2.31. The Kier molecular flexibility index (Phi) is 5.26. The summed E-state index contributed by atoms with van der Waals surface area (Å²) in [6.45, 7) is 8.79. The maximum absolute atomic E-state index is 5.71. The molecular formula is C17H27NO. The topological polar surface area (TPSA) is 21.3 Å². The lowest BCUT2D eigenvalue weighted by molar-refractivity contribution is 0.287. The predicted molar refractivity (Wildman–Crippen MR) is 80.7 cm³/mol. The molecule has 0 fully saturated rings. The Morgan fingerprint density at radius 3 is 2.89 bits per heavy atom. The van der Waals surface area contributed by atoms with Crippen molar-refractivity contribution in [2.75, 3.05) is 13.2 Å². The summed E-state index contributed by atoms with van der Waals surface area (Å²) in [6, 6.07) is 7.22. The third-order valence-corrected chi connectivity index (χ3v) is 4.12. The van der Waals surface area contributed by atoms with E-state index in [0.29, 0.717) is 12.0 Å². The Labute approximate surface area is 117 Å². The number of ether oxygens (including phenoxy) is 1. The lowest BCUT2D eigenvalue weighted by Gasteiger charge is -2.27. The molecule has 2 rings (SSSR count). The molecule has 1 aliphatic heterocycles. The SMILES string of the molecule is CCCNC(c1ccc2c(c1)CCCO2)C(C)CC. The first-order valence-corrected chi connectivity index (χ1v) is 7.75. The summed E-state index contributed by atoms with van der Waals surface area (Å²) >= 11 is 0. The van der Waals surface area contributed by atoms with Crippen molar-refractivity contribution in [2.24, 2.45) is 5.92 Å². The van der Waals surface area contributed by atoms with Crippen molar-refractivity contribution in [1.82, 2.24) is 5.32 Å². The van der Waals surface area contributed by atoms with E-state index in [1.165, 1.54) is 24.0 Å². The highest BCUT2D eigenvalue weighted by Gasteiger charge is 2.19. The number of hydrogen-bond donors (Lipinski definition) is 1. The Morgan fingerprint density at radius 1 is 1.32 bits per heavy atom. The van der Waals surface area contributed by atoms with Crippen LogP contribution in [-0.4, -0.2) is 13.2 Å². The summed E-state index contributed by atoms with van der Waals surface area (Å²) in [5.41, 5.74) is 2.81. The third kappa shape index (κ3) is 3.50. The Morgan fingerprint density at radius 2 is 2.16 bits per heavy atom. The van der Waals surface area contributed by atoms with E-state index in [1.807, 2.05) is 0 Å². The van der Waals surface area contributed by atoms with Gasteiger partial charge in [-0.05, 0) is 48.9 Å². The van der Waals surface area contributed by atoms with Gasteiger partial charge >= 0.3 is 0 Å². The van der Waals surface area contributed by atoms with Gasteiger partial charge in [-0.25, -0.2) is 0 Å². The highest BCUT2D eigenvalue weighted by molar-refractivity contribution is 5.39. The summed E-state index contributed by atoms with van der Waals surface area (Å²) in [4.78, 5) is 0. The second-order valence-corrected chi connectivity index (χ2v) is 5.64. The molecule has 2 nitrogen and oxygen atoms in total. The van der Waals surface area contributed by atoms with Crippen LogP contribution in [0.4, 0.5) is 0 Å². The monoisotopic (exact) mass is 261 g/mol. The normalized spacial score (nSPS) is 17.4. The van der Waals surface area contributed by atoms with Crippen molar-refractivity contribution in [2.45, 2.75) is 52.5 Å². The second kappa shape index (κ2) is 6.95. The zero-order valence-corrected chi connectivity index (χ0v) is 12.5. The van der Waals surface area contributed by atoms with Crippen molar-refractivity contribution in [3.05, 3.63) is 29.3 Å². The van der Waals surface area contributed by atoms with Crippen LogP contribution in [-0.2, 0) is 6.42 Å². The molecule has 19 heavy (non-hydrogen) atoms. The van der Waals surface area contributed by atoms with Crippen LogP contribution in [0.15, 0.2) is 18.2 Å². The largest absolute Gasteiger partial charge is 0.493 e. The number of nitrogens with one attached hydrogen (secondary N) is 1. The molecule has 0 bridgehead atoms. The van der Waals surface area contributed by atoms with E-state index < -0.39 is 0 Å². The van der Waals surface area contributed by atoms with Crippen LogP contribution in [0, 0.1) is 5.92 Å². The van der Waals surface area contributed by atoms with Gasteiger partial charge in [-0.15, -0.1) is 0 Å². The third-order valence-electron chi connectivity index (χ3n) is 4.12. The minimum Gasteiger partial charge on any atom is -0.493 e. The molecule has 0 spiro atoms. The molecule has 1 aromatic carbocycles. The van der Waals surface area contributed by atoms with E-state index in [2.05, 4.69) is 44.3 Å². The van der Waals surface area contributed by atoms with Gasteiger partial charge < -0.3 is 10.1 Å². The Hall–Kier alpha value is -1.02. The molecule has 2 heteroatoms. The fraction of sp³-hybridized carbons (Fsp3) is 0.647. The molecule has 1 aliphatic rings. The molecule has 0 aromatic heterocycles. The van der Waals surface area contributed by atoms with Crippen LogP contribution in [0.25, 0.3) is 0 Å². The van der Waals surface area contributed by atoms with E-state index in [0.717, 1.165) is 31.7 Å². The molecular weight excluding hydrogens is 234 g/mol. The number of fused-ring (bicyclic) bond motifs is 1. The summed E-state index contributed by atoms with van der Waals surface area (Å²) in [6.07, 6.45) is 4.69. The summed E-state index contributed by atoms with van der Waals surface area (Å²) < 4.78 is 5.71. The van der Waals surface area contributed by atoms with Crippen molar-refractivity contribution in [3.8, 4) is 5.75 Å². The van der Waals surface area contributed by atoms with Gasteiger partial charge in [0.15, 0.2) is 0 Å². The Balaban J connectivity index is 2.20. The van der Waals surface area contributed by atoms with Gasteiger partial charge in [0, 0.05) is 6.04 Å². The minimum atomic E-state index is 0.470. The predicted octanol–water partition coefficient (Wildman–Crippen LogP) is 4.10. The van der Waals surface area contributed by atoms with E-state index in [-0.39, 0.29) is 0 Å². The molecule has 2 unspecified atom stereocenters. The zero-order valence-electron chi connectivity index (χ0n) is 12.5. The minimum absolute atomic E-state index is 0.470. The van der Waals surface area contributed by atoms with Crippen molar-refractivity contribution >= 4 is 0 Å². The van der Waals surface area contributed by atoms with E-state index in [1.54, 1.807) is 0 Å². The molecule has 1 aromatic rings. The van der Waals surface area contributed by atoms with Crippen LogP contribution in [0.3, 0.4) is 0 Å². The van der Waals surface area contributed by atoms with Gasteiger partial charge in [0.25, 0.3) is 0 Å². The quantitative estimate of drug-likeness (QED) is 0.832. The van der Waals surface area contributed by atoms with Crippen LogP contribution >= 0.6 is 0 Å². The lowest BCUT2D eigenvalue weighted by atomic mass is 9.90.